The number of aromatic nitrogens is 1. The Labute approximate surface area is 192 Å². The van der Waals surface area contributed by atoms with Crippen LogP contribution in [0.15, 0.2) is 72.9 Å². The third-order valence-corrected chi connectivity index (χ3v) is 5.77. The molecular weight excluding hydrogens is 417 g/mol. The summed E-state index contributed by atoms with van der Waals surface area (Å²) in [7, 11) is 0. The molecule has 0 aliphatic carbocycles. The molecule has 1 aliphatic rings. The van der Waals surface area contributed by atoms with Gasteiger partial charge in [-0.15, -0.1) is 0 Å². The number of hydrogen-bond donors (Lipinski definition) is 2. The van der Waals surface area contributed by atoms with E-state index in [4.69, 9.17) is 9.47 Å². The first-order chi connectivity index (χ1) is 16.3. The summed E-state index contributed by atoms with van der Waals surface area (Å²) in [5.41, 5.74) is 5.40. The molecule has 0 saturated carbocycles. The molecule has 0 saturated heterocycles. The average molecular weight is 444 g/mol. The molecule has 33 heavy (non-hydrogen) atoms. The highest BCUT2D eigenvalue weighted by Gasteiger charge is 2.16. The van der Waals surface area contributed by atoms with Gasteiger partial charge in [-0.05, 0) is 60.8 Å². The number of ether oxygens (including phenoxy) is 2. The van der Waals surface area contributed by atoms with Gasteiger partial charge in [0.15, 0.2) is 11.5 Å². The molecule has 2 N–H and O–H groups in total. The van der Waals surface area contributed by atoms with Gasteiger partial charge >= 0.3 is 0 Å². The zero-order valence-corrected chi connectivity index (χ0v) is 18.3. The summed E-state index contributed by atoms with van der Waals surface area (Å²) in [6, 6.07) is 21.0. The van der Waals surface area contributed by atoms with Gasteiger partial charge in [0.05, 0.1) is 5.52 Å². The number of nitrogens with zero attached hydrogens (tertiary/aromatic N) is 1. The van der Waals surface area contributed by atoms with Gasteiger partial charge in [-0.1, -0.05) is 36.4 Å². The lowest BCUT2D eigenvalue weighted by molar-refractivity contribution is 0.173. The van der Waals surface area contributed by atoms with E-state index >= 15 is 0 Å². The Kier molecular flexibility index (Phi) is 6.35. The van der Waals surface area contributed by atoms with Crippen molar-refractivity contribution in [3.05, 3.63) is 95.4 Å². The van der Waals surface area contributed by atoms with Crippen LogP contribution in [0.25, 0.3) is 10.9 Å². The van der Waals surface area contributed by atoms with Crippen LogP contribution in [0.3, 0.4) is 0 Å². The summed E-state index contributed by atoms with van der Waals surface area (Å²) in [5, 5.41) is 8.12. The smallest absolute Gasteiger partial charge is 0.231 e. The minimum Gasteiger partial charge on any atom is -0.454 e. The summed E-state index contributed by atoms with van der Waals surface area (Å²) in [5.74, 6) is 1.46. The Morgan fingerprint density at radius 2 is 1.79 bits per heavy atom. The molecule has 168 valence electrons. The molecule has 3 aromatic carbocycles. The highest BCUT2D eigenvalue weighted by molar-refractivity contribution is 5.91. The van der Waals surface area contributed by atoms with Crippen LogP contribution in [0.2, 0.25) is 0 Å². The zero-order valence-electron chi connectivity index (χ0n) is 18.3. The lowest BCUT2D eigenvalue weighted by Crippen LogP contribution is -2.18. The minimum absolute atomic E-state index is 0.211. The maximum Gasteiger partial charge on any atom is 0.231 e. The molecule has 2 heterocycles. The van der Waals surface area contributed by atoms with E-state index in [1.165, 1.54) is 12.1 Å². The van der Waals surface area contributed by atoms with E-state index in [2.05, 4.69) is 39.9 Å². The summed E-state index contributed by atoms with van der Waals surface area (Å²) in [6.45, 7) is 2.80. The maximum atomic E-state index is 13.1. The van der Waals surface area contributed by atoms with Crippen LogP contribution >= 0.6 is 0 Å². The predicted molar refractivity (Wildman–Crippen MR) is 128 cm³/mol. The lowest BCUT2D eigenvalue weighted by Gasteiger charge is -2.11. The molecule has 4 aromatic rings. The molecule has 0 atom stereocenters. The number of hydrogen-bond acceptors (Lipinski definition) is 5. The van der Waals surface area contributed by atoms with E-state index in [0.29, 0.717) is 6.79 Å². The Morgan fingerprint density at radius 3 is 2.70 bits per heavy atom. The van der Waals surface area contributed by atoms with Gasteiger partial charge in [-0.3, -0.25) is 4.98 Å². The second-order valence-corrected chi connectivity index (χ2v) is 8.12. The van der Waals surface area contributed by atoms with Crippen molar-refractivity contribution in [2.24, 2.45) is 0 Å². The van der Waals surface area contributed by atoms with Crippen LogP contribution in [0, 0.1) is 5.82 Å². The SMILES string of the molecule is Fc1ccc(Cc2ccc3c(NCCCNCc4cccc5c4OCO5)ccnc3c2)cc1. The van der Waals surface area contributed by atoms with Crippen molar-refractivity contribution in [1.29, 1.82) is 0 Å². The number of rotatable bonds is 9. The first kappa shape index (κ1) is 21.2. The van der Waals surface area contributed by atoms with E-state index in [9.17, 15) is 4.39 Å². The second kappa shape index (κ2) is 9.88. The Hall–Kier alpha value is -3.64. The molecule has 0 spiro atoms. The lowest BCUT2D eigenvalue weighted by atomic mass is 10.0. The quantitative estimate of drug-likeness (QED) is 0.345. The minimum atomic E-state index is -0.211. The third-order valence-electron chi connectivity index (χ3n) is 5.77. The fourth-order valence-electron chi connectivity index (χ4n) is 4.09. The predicted octanol–water partition coefficient (Wildman–Crippen LogP) is 5.29. The average Bonchev–Trinajstić information content (AvgIpc) is 3.32. The summed E-state index contributed by atoms with van der Waals surface area (Å²) in [4.78, 5) is 4.54. The fraction of sp³-hybridized carbons (Fsp3) is 0.222. The molecule has 5 nitrogen and oxygen atoms in total. The number of halogens is 1. The second-order valence-electron chi connectivity index (χ2n) is 8.12. The van der Waals surface area contributed by atoms with Crippen molar-refractivity contribution in [3.63, 3.8) is 0 Å². The standard InChI is InChI=1S/C27H26FN3O2/c28-22-8-5-19(6-9-22)15-20-7-10-23-24(11-14-31-25(23)16-20)30-13-2-12-29-17-21-3-1-4-26-27(21)33-18-32-26/h1,3-11,14,16,29H,2,12-13,15,17-18H2,(H,30,31). The van der Waals surface area contributed by atoms with Crippen LogP contribution in [0.4, 0.5) is 10.1 Å². The molecule has 1 aromatic heterocycles. The van der Waals surface area contributed by atoms with Gasteiger partial charge in [-0.2, -0.15) is 0 Å². The van der Waals surface area contributed by atoms with E-state index in [1.807, 2.05) is 36.5 Å². The van der Waals surface area contributed by atoms with Crippen molar-refractivity contribution >= 4 is 16.6 Å². The van der Waals surface area contributed by atoms with Crippen LogP contribution in [-0.2, 0) is 13.0 Å². The van der Waals surface area contributed by atoms with Crippen molar-refractivity contribution < 1.29 is 13.9 Å². The number of anilines is 1. The molecule has 5 rings (SSSR count). The van der Waals surface area contributed by atoms with Crippen molar-refractivity contribution in [3.8, 4) is 11.5 Å². The van der Waals surface area contributed by atoms with Gasteiger partial charge in [0.1, 0.15) is 5.82 Å². The monoisotopic (exact) mass is 443 g/mol. The van der Waals surface area contributed by atoms with E-state index in [1.54, 1.807) is 0 Å². The van der Waals surface area contributed by atoms with Crippen molar-refractivity contribution in [1.82, 2.24) is 10.3 Å². The summed E-state index contributed by atoms with van der Waals surface area (Å²) in [6.07, 6.45) is 3.57. The van der Waals surface area contributed by atoms with Gasteiger partial charge in [0.25, 0.3) is 0 Å². The van der Waals surface area contributed by atoms with E-state index < -0.39 is 0 Å². The number of fused-ring (bicyclic) bond motifs is 2. The molecule has 0 unspecified atom stereocenters. The molecule has 0 bridgehead atoms. The Balaban J connectivity index is 1.13. The van der Waals surface area contributed by atoms with Gasteiger partial charge in [0.2, 0.25) is 6.79 Å². The molecule has 0 fully saturated rings. The van der Waals surface area contributed by atoms with Crippen molar-refractivity contribution in [2.45, 2.75) is 19.4 Å². The van der Waals surface area contributed by atoms with Gasteiger partial charge < -0.3 is 20.1 Å². The van der Waals surface area contributed by atoms with Gasteiger partial charge in [0, 0.05) is 35.9 Å². The number of para-hydroxylation sites is 1. The highest BCUT2D eigenvalue weighted by atomic mass is 19.1. The number of benzene rings is 3. The molecule has 6 heteroatoms. The van der Waals surface area contributed by atoms with Crippen LogP contribution < -0.4 is 20.1 Å². The van der Waals surface area contributed by atoms with Crippen LogP contribution in [0.1, 0.15) is 23.1 Å². The normalized spacial score (nSPS) is 12.3. The number of nitrogens with one attached hydrogen (secondary N) is 2. The largest absolute Gasteiger partial charge is 0.454 e. The molecule has 0 radical (unpaired) electrons. The topological polar surface area (TPSA) is 55.4 Å². The highest BCUT2D eigenvalue weighted by Crippen LogP contribution is 2.35. The fourth-order valence-corrected chi connectivity index (χ4v) is 4.09. The molecule has 0 amide bonds. The van der Waals surface area contributed by atoms with E-state index in [0.717, 1.165) is 77.3 Å². The number of pyridine rings is 1. The first-order valence-electron chi connectivity index (χ1n) is 11.2. The Bertz CT molecular complexity index is 1240. The van der Waals surface area contributed by atoms with Gasteiger partial charge in [-0.25, -0.2) is 4.39 Å². The van der Waals surface area contributed by atoms with Crippen LogP contribution in [-0.4, -0.2) is 24.9 Å². The maximum absolute atomic E-state index is 13.1. The Morgan fingerprint density at radius 1 is 0.909 bits per heavy atom. The third kappa shape index (κ3) is 5.07. The first-order valence-corrected chi connectivity index (χ1v) is 11.2. The summed E-state index contributed by atoms with van der Waals surface area (Å²) < 4.78 is 24.1. The molecular formula is C27H26FN3O2. The molecule has 1 aliphatic heterocycles. The van der Waals surface area contributed by atoms with E-state index in [-0.39, 0.29) is 5.82 Å². The van der Waals surface area contributed by atoms with Crippen LogP contribution in [0.5, 0.6) is 11.5 Å². The zero-order chi connectivity index (χ0) is 22.5. The summed E-state index contributed by atoms with van der Waals surface area (Å²) >= 11 is 0. The van der Waals surface area contributed by atoms with Crippen molar-refractivity contribution in [2.75, 3.05) is 25.2 Å².